The Balaban J connectivity index is 2.26. The molecule has 2 aromatic rings. The van der Waals surface area contributed by atoms with Crippen molar-refractivity contribution in [1.29, 1.82) is 0 Å². The molecule has 0 aliphatic heterocycles. The van der Waals surface area contributed by atoms with Gasteiger partial charge in [-0.1, -0.05) is 13.8 Å². The molecule has 2 aromatic heterocycles. The normalized spacial score (nSPS) is 11.4. The summed E-state index contributed by atoms with van der Waals surface area (Å²) in [6.45, 7) is 6.64. The third-order valence-electron chi connectivity index (χ3n) is 3.01. The molecular formula is C13H23N7. The van der Waals surface area contributed by atoms with E-state index in [0.717, 1.165) is 37.1 Å². The van der Waals surface area contributed by atoms with Gasteiger partial charge in [-0.05, 0) is 25.3 Å². The smallest absolute Gasteiger partial charge is 0.224 e. The van der Waals surface area contributed by atoms with Crippen LogP contribution in [0.2, 0.25) is 0 Å². The van der Waals surface area contributed by atoms with Crippen molar-refractivity contribution in [3.05, 3.63) is 6.33 Å². The number of nitrogens with two attached hydrogens (primary N) is 2. The van der Waals surface area contributed by atoms with Gasteiger partial charge in [0.05, 0.1) is 6.33 Å². The lowest BCUT2D eigenvalue weighted by Crippen LogP contribution is -2.11. The molecule has 0 saturated carbocycles. The SMILES string of the molecule is CC(C)CNc1nc(N)nc2c1ncn2CCCCN. The van der Waals surface area contributed by atoms with E-state index in [1.54, 1.807) is 6.33 Å². The molecule has 0 atom stereocenters. The first-order valence-electron chi connectivity index (χ1n) is 7.04. The zero-order valence-corrected chi connectivity index (χ0v) is 12.1. The van der Waals surface area contributed by atoms with Crippen molar-refractivity contribution in [2.45, 2.75) is 33.2 Å². The molecule has 0 aliphatic carbocycles. The van der Waals surface area contributed by atoms with E-state index in [0.29, 0.717) is 18.3 Å². The quantitative estimate of drug-likeness (QED) is 0.657. The summed E-state index contributed by atoms with van der Waals surface area (Å²) in [5.74, 6) is 1.50. The molecular weight excluding hydrogens is 254 g/mol. The van der Waals surface area contributed by atoms with Crippen LogP contribution in [-0.2, 0) is 6.54 Å². The first-order valence-corrected chi connectivity index (χ1v) is 7.04. The highest BCUT2D eigenvalue weighted by Crippen LogP contribution is 2.20. The Kier molecular flexibility index (Phi) is 4.73. The molecule has 20 heavy (non-hydrogen) atoms. The van der Waals surface area contributed by atoms with Crippen LogP contribution in [-0.4, -0.2) is 32.6 Å². The molecule has 0 aliphatic rings. The van der Waals surface area contributed by atoms with Crippen LogP contribution in [0.4, 0.5) is 11.8 Å². The molecule has 0 fully saturated rings. The van der Waals surface area contributed by atoms with E-state index in [4.69, 9.17) is 11.5 Å². The van der Waals surface area contributed by atoms with E-state index in [2.05, 4.69) is 34.1 Å². The number of hydrogen-bond donors (Lipinski definition) is 3. The minimum Gasteiger partial charge on any atom is -0.368 e. The average Bonchev–Trinajstić information content (AvgIpc) is 2.79. The number of nitrogens with one attached hydrogen (secondary N) is 1. The average molecular weight is 277 g/mol. The Morgan fingerprint density at radius 3 is 2.80 bits per heavy atom. The lowest BCUT2D eigenvalue weighted by atomic mass is 10.2. The molecule has 7 heteroatoms. The molecule has 5 N–H and O–H groups in total. The summed E-state index contributed by atoms with van der Waals surface area (Å²) < 4.78 is 2.00. The van der Waals surface area contributed by atoms with Crippen molar-refractivity contribution in [3.8, 4) is 0 Å². The van der Waals surface area contributed by atoms with E-state index in [1.807, 2.05) is 4.57 Å². The van der Waals surface area contributed by atoms with Crippen LogP contribution in [0.25, 0.3) is 11.2 Å². The van der Waals surface area contributed by atoms with Gasteiger partial charge in [0.1, 0.15) is 0 Å². The number of hydrogen-bond acceptors (Lipinski definition) is 6. The second kappa shape index (κ2) is 6.51. The van der Waals surface area contributed by atoms with E-state index in [9.17, 15) is 0 Å². The van der Waals surface area contributed by atoms with Crippen LogP contribution in [0, 0.1) is 5.92 Å². The zero-order chi connectivity index (χ0) is 14.5. The maximum atomic E-state index is 5.79. The number of rotatable bonds is 7. The number of nitrogen functional groups attached to an aromatic ring is 1. The van der Waals surface area contributed by atoms with Gasteiger partial charge < -0.3 is 21.4 Å². The Bertz CT molecular complexity index is 561. The fraction of sp³-hybridized carbons (Fsp3) is 0.615. The highest BCUT2D eigenvalue weighted by atomic mass is 15.2. The molecule has 7 nitrogen and oxygen atoms in total. The number of aryl methyl sites for hydroxylation is 1. The van der Waals surface area contributed by atoms with Gasteiger partial charge >= 0.3 is 0 Å². The van der Waals surface area contributed by atoms with Crippen molar-refractivity contribution < 1.29 is 0 Å². The third kappa shape index (κ3) is 3.36. The van der Waals surface area contributed by atoms with Crippen molar-refractivity contribution in [3.63, 3.8) is 0 Å². The van der Waals surface area contributed by atoms with Crippen LogP contribution < -0.4 is 16.8 Å². The lowest BCUT2D eigenvalue weighted by Gasteiger charge is -2.09. The van der Waals surface area contributed by atoms with Crippen LogP contribution in [0.1, 0.15) is 26.7 Å². The molecule has 2 heterocycles. The second-order valence-corrected chi connectivity index (χ2v) is 5.31. The monoisotopic (exact) mass is 277 g/mol. The van der Waals surface area contributed by atoms with Crippen molar-refractivity contribution in [2.24, 2.45) is 11.7 Å². The van der Waals surface area contributed by atoms with Gasteiger partial charge in [-0.15, -0.1) is 0 Å². The predicted octanol–water partition coefficient (Wildman–Crippen LogP) is 1.22. The van der Waals surface area contributed by atoms with Gasteiger partial charge in [-0.25, -0.2) is 4.98 Å². The van der Waals surface area contributed by atoms with Crippen molar-refractivity contribution >= 4 is 22.9 Å². The van der Waals surface area contributed by atoms with Crippen LogP contribution in [0.5, 0.6) is 0 Å². The Hall–Kier alpha value is -1.89. The second-order valence-electron chi connectivity index (χ2n) is 5.31. The largest absolute Gasteiger partial charge is 0.368 e. The highest BCUT2D eigenvalue weighted by molar-refractivity contribution is 5.84. The summed E-state index contributed by atoms with van der Waals surface area (Å²) in [5.41, 5.74) is 12.9. The van der Waals surface area contributed by atoms with Crippen molar-refractivity contribution in [1.82, 2.24) is 19.5 Å². The molecule has 0 radical (unpaired) electrons. The number of fused-ring (bicyclic) bond motifs is 1. The van der Waals surface area contributed by atoms with Crippen LogP contribution >= 0.6 is 0 Å². The summed E-state index contributed by atoms with van der Waals surface area (Å²) >= 11 is 0. The number of anilines is 2. The van der Waals surface area contributed by atoms with Crippen LogP contribution in [0.15, 0.2) is 6.33 Å². The number of unbranched alkanes of at least 4 members (excludes halogenated alkanes) is 1. The Morgan fingerprint density at radius 2 is 2.10 bits per heavy atom. The maximum Gasteiger partial charge on any atom is 0.224 e. The topological polar surface area (TPSA) is 108 Å². The first kappa shape index (κ1) is 14.5. The zero-order valence-electron chi connectivity index (χ0n) is 12.1. The molecule has 110 valence electrons. The van der Waals surface area contributed by atoms with E-state index < -0.39 is 0 Å². The molecule has 2 rings (SSSR count). The Morgan fingerprint density at radius 1 is 1.30 bits per heavy atom. The predicted molar refractivity (Wildman–Crippen MR) is 81.4 cm³/mol. The maximum absolute atomic E-state index is 5.79. The summed E-state index contributed by atoms with van der Waals surface area (Å²) in [7, 11) is 0. The summed E-state index contributed by atoms with van der Waals surface area (Å²) in [6, 6.07) is 0. The minimum atomic E-state index is 0.268. The number of nitrogens with zero attached hydrogens (tertiary/aromatic N) is 4. The van der Waals surface area contributed by atoms with Gasteiger partial charge in [-0.3, -0.25) is 0 Å². The Labute approximate surface area is 118 Å². The number of imidazole rings is 1. The van der Waals surface area contributed by atoms with E-state index in [-0.39, 0.29) is 5.95 Å². The fourth-order valence-corrected chi connectivity index (χ4v) is 1.98. The highest BCUT2D eigenvalue weighted by Gasteiger charge is 2.12. The first-order chi connectivity index (χ1) is 9.61. The third-order valence-corrected chi connectivity index (χ3v) is 3.01. The lowest BCUT2D eigenvalue weighted by molar-refractivity contribution is 0.623. The minimum absolute atomic E-state index is 0.268. The van der Waals surface area contributed by atoms with E-state index >= 15 is 0 Å². The summed E-state index contributed by atoms with van der Waals surface area (Å²) in [6.07, 6.45) is 3.77. The molecule has 0 bridgehead atoms. The summed E-state index contributed by atoms with van der Waals surface area (Å²) in [5, 5.41) is 3.28. The van der Waals surface area contributed by atoms with Gasteiger partial charge in [-0.2, -0.15) is 9.97 Å². The molecule has 0 aromatic carbocycles. The molecule has 0 amide bonds. The molecule has 0 saturated heterocycles. The van der Waals surface area contributed by atoms with Gasteiger partial charge in [0.15, 0.2) is 17.0 Å². The summed E-state index contributed by atoms with van der Waals surface area (Å²) in [4.78, 5) is 12.9. The van der Waals surface area contributed by atoms with Gasteiger partial charge in [0.25, 0.3) is 0 Å². The fourth-order valence-electron chi connectivity index (χ4n) is 1.98. The molecule has 0 spiro atoms. The number of aromatic nitrogens is 4. The van der Waals surface area contributed by atoms with E-state index in [1.165, 1.54) is 0 Å². The van der Waals surface area contributed by atoms with Crippen molar-refractivity contribution in [2.75, 3.05) is 24.1 Å². The van der Waals surface area contributed by atoms with Gasteiger partial charge in [0, 0.05) is 13.1 Å². The molecule has 0 unspecified atom stereocenters. The van der Waals surface area contributed by atoms with Crippen LogP contribution in [0.3, 0.4) is 0 Å². The standard InChI is InChI=1S/C13H23N7/c1-9(2)7-16-11-10-12(19-13(15)18-11)20(8-17-10)6-4-3-5-14/h8-9H,3-7,14H2,1-2H3,(H3,15,16,18,19). The van der Waals surface area contributed by atoms with Gasteiger partial charge in [0.2, 0.25) is 5.95 Å².